The molecule has 2 amide bonds. The molecule has 0 aromatic rings. The molecule has 0 aliphatic carbocycles. The lowest BCUT2D eigenvalue weighted by Gasteiger charge is -2.29. The van der Waals surface area contributed by atoms with Crippen molar-refractivity contribution in [3.63, 3.8) is 0 Å². The van der Waals surface area contributed by atoms with E-state index in [2.05, 4.69) is 5.32 Å². The summed E-state index contributed by atoms with van der Waals surface area (Å²) in [5.74, 6) is 0. The molecule has 0 bridgehead atoms. The fourth-order valence-corrected chi connectivity index (χ4v) is 1.28. The molecule has 0 radical (unpaired) electrons. The summed E-state index contributed by atoms with van der Waals surface area (Å²) in [6.45, 7) is 3.47. The van der Waals surface area contributed by atoms with Crippen LogP contribution in [0.5, 0.6) is 0 Å². The lowest BCUT2D eigenvalue weighted by molar-refractivity contribution is -0.214. The van der Waals surface area contributed by atoms with Crippen molar-refractivity contribution in [1.82, 2.24) is 10.2 Å². The minimum Gasteiger partial charge on any atom is -0.336 e. The van der Waals surface area contributed by atoms with Gasteiger partial charge in [-0.2, -0.15) is 13.2 Å². The van der Waals surface area contributed by atoms with Crippen LogP contribution in [0.3, 0.4) is 0 Å². The molecule has 1 aliphatic rings. The van der Waals surface area contributed by atoms with Crippen LogP contribution >= 0.6 is 0 Å². The molecule has 0 spiro atoms. The predicted octanol–water partition coefficient (Wildman–Crippen LogP) is 1.99. The van der Waals surface area contributed by atoms with Crippen LogP contribution in [0.15, 0.2) is 0 Å². The number of urea groups is 1. The second-order valence-corrected chi connectivity index (χ2v) is 4.35. The van der Waals surface area contributed by atoms with E-state index in [1.54, 1.807) is 0 Å². The van der Waals surface area contributed by atoms with Crippen molar-refractivity contribution >= 4 is 6.03 Å². The van der Waals surface area contributed by atoms with Gasteiger partial charge in [-0.15, -0.1) is 0 Å². The third-order valence-corrected chi connectivity index (χ3v) is 2.72. The molecule has 0 atom stereocenters. The molecule has 15 heavy (non-hydrogen) atoms. The van der Waals surface area contributed by atoms with Gasteiger partial charge in [-0.3, -0.25) is 0 Å². The summed E-state index contributed by atoms with van der Waals surface area (Å²) in [5.41, 5.74) is -1.74. The van der Waals surface area contributed by atoms with Gasteiger partial charge in [0.1, 0.15) is 0 Å². The maximum Gasteiger partial charge on any atom is 0.394 e. The zero-order valence-corrected chi connectivity index (χ0v) is 8.82. The van der Waals surface area contributed by atoms with E-state index in [0.29, 0.717) is 13.1 Å². The molecule has 1 fully saturated rings. The van der Waals surface area contributed by atoms with E-state index >= 15 is 0 Å². The maximum atomic E-state index is 12.5. The van der Waals surface area contributed by atoms with Gasteiger partial charge < -0.3 is 10.2 Å². The fourth-order valence-electron chi connectivity index (χ4n) is 1.28. The lowest BCUT2D eigenvalue weighted by atomic mass is 9.88. The predicted molar refractivity (Wildman–Crippen MR) is 49.4 cm³/mol. The molecule has 0 aromatic carbocycles. The Kier molecular flexibility index (Phi) is 3.16. The molecule has 88 valence electrons. The minimum atomic E-state index is -4.22. The standard InChI is InChI=1S/C9H15F3N2O/c1-8(2,9(10,11)12)3-5-14-6-4-13-7(14)15/h3-6H2,1-2H3,(H,13,15). The van der Waals surface area contributed by atoms with Gasteiger partial charge in [-0.1, -0.05) is 13.8 Å². The summed E-state index contributed by atoms with van der Waals surface area (Å²) in [4.78, 5) is 12.5. The number of alkyl halides is 3. The number of hydrogen-bond donors (Lipinski definition) is 1. The first-order chi connectivity index (χ1) is 6.74. The topological polar surface area (TPSA) is 32.3 Å². The van der Waals surface area contributed by atoms with Gasteiger partial charge in [0.15, 0.2) is 0 Å². The van der Waals surface area contributed by atoms with Crippen LogP contribution in [0.25, 0.3) is 0 Å². The first kappa shape index (κ1) is 12.1. The Morgan fingerprint density at radius 3 is 2.40 bits per heavy atom. The second kappa shape index (κ2) is 3.90. The van der Waals surface area contributed by atoms with Crippen molar-refractivity contribution in [2.75, 3.05) is 19.6 Å². The molecule has 1 aliphatic heterocycles. The highest BCUT2D eigenvalue weighted by Gasteiger charge is 2.47. The highest BCUT2D eigenvalue weighted by atomic mass is 19.4. The first-order valence-electron chi connectivity index (χ1n) is 4.83. The van der Waals surface area contributed by atoms with Crippen LogP contribution in [0.1, 0.15) is 20.3 Å². The highest BCUT2D eigenvalue weighted by Crippen LogP contribution is 2.40. The van der Waals surface area contributed by atoms with Crippen LogP contribution in [0.2, 0.25) is 0 Å². The number of nitrogens with zero attached hydrogens (tertiary/aromatic N) is 1. The molecule has 6 heteroatoms. The first-order valence-corrected chi connectivity index (χ1v) is 4.83. The second-order valence-electron chi connectivity index (χ2n) is 4.35. The summed E-state index contributed by atoms with van der Waals surface area (Å²) in [6, 6.07) is -0.270. The number of rotatable bonds is 3. The van der Waals surface area contributed by atoms with Crippen molar-refractivity contribution in [3.05, 3.63) is 0 Å². The molecule has 1 N–H and O–H groups in total. The van der Waals surface area contributed by atoms with Crippen molar-refractivity contribution in [2.24, 2.45) is 5.41 Å². The zero-order valence-electron chi connectivity index (χ0n) is 8.82. The summed E-state index contributed by atoms with van der Waals surface area (Å²) < 4.78 is 37.5. The van der Waals surface area contributed by atoms with Crippen LogP contribution in [-0.4, -0.2) is 36.7 Å². The van der Waals surface area contributed by atoms with Crippen LogP contribution in [0.4, 0.5) is 18.0 Å². The molecule has 3 nitrogen and oxygen atoms in total. The summed E-state index contributed by atoms with van der Waals surface area (Å²) in [5, 5.41) is 2.55. The van der Waals surface area contributed by atoms with E-state index in [0.717, 1.165) is 13.8 Å². The number of carbonyl (C=O) groups excluding carboxylic acids is 1. The van der Waals surface area contributed by atoms with E-state index in [1.807, 2.05) is 0 Å². The van der Waals surface area contributed by atoms with Crippen molar-refractivity contribution < 1.29 is 18.0 Å². The molecule has 0 aromatic heterocycles. The number of carbonyl (C=O) groups is 1. The van der Waals surface area contributed by atoms with E-state index in [9.17, 15) is 18.0 Å². The van der Waals surface area contributed by atoms with E-state index < -0.39 is 11.6 Å². The van der Waals surface area contributed by atoms with E-state index in [-0.39, 0.29) is 19.0 Å². The Morgan fingerprint density at radius 2 is 2.00 bits per heavy atom. The van der Waals surface area contributed by atoms with E-state index in [4.69, 9.17) is 0 Å². The van der Waals surface area contributed by atoms with E-state index in [1.165, 1.54) is 4.90 Å². The quantitative estimate of drug-likeness (QED) is 0.781. The molecule has 0 saturated carbocycles. The summed E-state index contributed by atoms with van der Waals surface area (Å²) in [6.07, 6.45) is -4.28. The average molecular weight is 224 g/mol. The van der Waals surface area contributed by atoms with Crippen LogP contribution in [0, 0.1) is 5.41 Å². The van der Waals surface area contributed by atoms with Gasteiger partial charge in [-0.05, 0) is 6.42 Å². The number of amides is 2. The number of nitrogens with one attached hydrogen (secondary N) is 1. The Hall–Kier alpha value is -0.940. The summed E-state index contributed by atoms with van der Waals surface area (Å²) >= 11 is 0. The lowest BCUT2D eigenvalue weighted by Crippen LogP contribution is -2.37. The fraction of sp³-hybridized carbons (Fsp3) is 0.889. The smallest absolute Gasteiger partial charge is 0.336 e. The zero-order chi connectivity index (χ0) is 11.7. The SMILES string of the molecule is CC(C)(CCN1CCNC1=O)C(F)(F)F. The molecule has 0 unspecified atom stereocenters. The Balaban J connectivity index is 2.46. The van der Waals surface area contributed by atoms with Gasteiger partial charge >= 0.3 is 12.2 Å². The summed E-state index contributed by atoms with van der Waals surface area (Å²) in [7, 11) is 0. The van der Waals surface area contributed by atoms with Crippen molar-refractivity contribution in [1.29, 1.82) is 0 Å². The Morgan fingerprint density at radius 1 is 1.40 bits per heavy atom. The molecule has 1 heterocycles. The Labute approximate surface area is 86.6 Å². The van der Waals surface area contributed by atoms with Gasteiger partial charge in [-0.25, -0.2) is 4.79 Å². The Bertz CT molecular complexity index is 250. The van der Waals surface area contributed by atoms with Crippen LogP contribution in [-0.2, 0) is 0 Å². The maximum absolute atomic E-state index is 12.5. The minimum absolute atomic E-state index is 0.0656. The molecule has 1 saturated heterocycles. The highest BCUT2D eigenvalue weighted by molar-refractivity contribution is 5.76. The molecular weight excluding hydrogens is 209 g/mol. The largest absolute Gasteiger partial charge is 0.394 e. The normalized spacial score (nSPS) is 18.2. The monoisotopic (exact) mass is 224 g/mol. The van der Waals surface area contributed by atoms with Crippen molar-refractivity contribution in [3.8, 4) is 0 Å². The van der Waals surface area contributed by atoms with Gasteiger partial charge in [0.2, 0.25) is 0 Å². The average Bonchev–Trinajstić information content (AvgIpc) is 2.46. The molecule has 1 rings (SSSR count). The van der Waals surface area contributed by atoms with Gasteiger partial charge in [0.25, 0.3) is 0 Å². The van der Waals surface area contributed by atoms with Crippen LogP contribution < -0.4 is 5.32 Å². The number of halogens is 3. The van der Waals surface area contributed by atoms with Crippen molar-refractivity contribution in [2.45, 2.75) is 26.4 Å². The third kappa shape index (κ3) is 2.76. The van der Waals surface area contributed by atoms with Gasteiger partial charge in [0.05, 0.1) is 5.41 Å². The van der Waals surface area contributed by atoms with Gasteiger partial charge in [0, 0.05) is 19.6 Å². The molecular formula is C9H15F3N2O. The third-order valence-electron chi connectivity index (χ3n) is 2.72. The number of hydrogen-bond acceptors (Lipinski definition) is 1.